The summed E-state index contributed by atoms with van der Waals surface area (Å²) in [5, 5.41) is 0. The molecular formula is C15H24N2O2. The predicted octanol–water partition coefficient (Wildman–Crippen LogP) is 2.02. The van der Waals surface area contributed by atoms with E-state index in [4.69, 9.17) is 15.3 Å². The zero-order valence-corrected chi connectivity index (χ0v) is 11.7. The molecule has 1 fully saturated rings. The van der Waals surface area contributed by atoms with Crippen LogP contribution in [-0.4, -0.2) is 25.5 Å². The maximum absolute atomic E-state index is 5.71. The van der Waals surface area contributed by atoms with Crippen LogP contribution < -0.4 is 11.3 Å². The van der Waals surface area contributed by atoms with E-state index < -0.39 is 0 Å². The molecule has 106 valence electrons. The van der Waals surface area contributed by atoms with Crippen LogP contribution in [0.4, 0.5) is 0 Å². The highest BCUT2D eigenvalue weighted by Gasteiger charge is 2.47. The van der Waals surface area contributed by atoms with E-state index in [1.807, 2.05) is 19.9 Å². The molecule has 1 aliphatic carbocycles. The third-order valence-electron chi connectivity index (χ3n) is 3.68. The van der Waals surface area contributed by atoms with Crippen LogP contribution in [0.1, 0.15) is 31.7 Å². The summed E-state index contributed by atoms with van der Waals surface area (Å²) in [6, 6.07) is 10.6. The van der Waals surface area contributed by atoms with Gasteiger partial charge >= 0.3 is 0 Å². The molecule has 1 aromatic rings. The van der Waals surface area contributed by atoms with E-state index >= 15 is 0 Å². The van der Waals surface area contributed by atoms with Crippen molar-refractivity contribution in [2.75, 3.05) is 13.2 Å². The van der Waals surface area contributed by atoms with E-state index in [1.165, 1.54) is 5.56 Å². The highest BCUT2D eigenvalue weighted by atomic mass is 16.7. The molecule has 0 radical (unpaired) electrons. The summed E-state index contributed by atoms with van der Waals surface area (Å²) < 4.78 is 11.3. The van der Waals surface area contributed by atoms with Crippen molar-refractivity contribution in [2.24, 2.45) is 11.8 Å². The second-order valence-electron chi connectivity index (χ2n) is 4.89. The first-order chi connectivity index (χ1) is 9.31. The number of hydrogen-bond donors (Lipinski definition) is 2. The second kappa shape index (κ2) is 7.01. The third-order valence-corrected chi connectivity index (χ3v) is 3.68. The summed E-state index contributed by atoms with van der Waals surface area (Å²) in [5.41, 5.74) is 4.26. The van der Waals surface area contributed by atoms with Crippen LogP contribution in [0.5, 0.6) is 0 Å². The molecule has 1 saturated carbocycles. The Morgan fingerprint density at radius 2 is 1.84 bits per heavy atom. The molecule has 1 aliphatic rings. The fourth-order valence-corrected chi connectivity index (χ4v) is 2.68. The zero-order valence-electron chi connectivity index (χ0n) is 11.7. The molecule has 0 aromatic heterocycles. The lowest BCUT2D eigenvalue weighted by atomic mass is 10.1. The summed E-state index contributed by atoms with van der Waals surface area (Å²) in [6.45, 7) is 5.21. The van der Waals surface area contributed by atoms with Gasteiger partial charge in [0.15, 0.2) is 6.29 Å². The Kier molecular flexibility index (Phi) is 5.34. The fraction of sp³-hybridized carbons (Fsp3) is 0.600. The molecule has 4 heteroatoms. The highest BCUT2D eigenvalue weighted by Crippen LogP contribution is 2.50. The minimum absolute atomic E-state index is 0.0464. The Morgan fingerprint density at radius 3 is 2.37 bits per heavy atom. The number of benzene rings is 1. The summed E-state index contributed by atoms with van der Waals surface area (Å²) in [5.74, 6) is 6.75. The minimum atomic E-state index is -0.265. The number of ether oxygens (including phenoxy) is 2. The topological polar surface area (TPSA) is 56.5 Å². The van der Waals surface area contributed by atoms with Crippen LogP contribution in [-0.2, 0) is 9.47 Å². The molecule has 0 amide bonds. The Labute approximate surface area is 115 Å². The van der Waals surface area contributed by atoms with Crippen molar-refractivity contribution in [1.82, 2.24) is 5.43 Å². The van der Waals surface area contributed by atoms with Crippen molar-refractivity contribution in [1.29, 1.82) is 0 Å². The number of rotatable bonds is 8. The molecule has 3 atom stereocenters. The van der Waals surface area contributed by atoms with Gasteiger partial charge in [0.1, 0.15) is 0 Å². The van der Waals surface area contributed by atoms with Gasteiger partial charge in [-0.3, -0.25) is 11.3 Å². The molecule has 0 saturated heterocycles. The monoisotopic (exact) mass is 264 g/mol. The van der Waals surface area contributed by atoms with Crippen LogP contribution in [0.3, 0.4) is 0 Å². The van der Waals surface area contributed by atoms with E-state index in [0.717, 1.165) is 6.42 Å². The summed E-state index contributed by atoms with van der Waals surface area (Å²) in [4.78, 5) is 0. The Morgan fingerprint density at radius 1 is 1.21 bits per heavy atom. The van der Waals surface area contributed by atoms with Crippen LogP contribution in [0, 0.1) is 5.92 Å². The van der Waals surface area contributed by atoms with E-state index in [2.05, 4.69) is 29.7 Å². The van der Waals surface area contributed by atoms with Crippen LogP contribution in [0.15, 0.2) is 30.3 Å². The third kappa shape index (κ3) is 3.54. The summed E-state index contributed by atoms with van der Waals surface area (Å²) in [6.07, 6.45) is 0.869. The normalized spacial score (nSPS) is 23.6. The number of hydrazine groups is 1. The summed E-state index contributed by atoms with van der Waals surface area (Å²) in [7, 11) is 0. The number of nitrogens with two attached hydrogens (primary N) is 1. The fourth-order valence-electron chi connectivity index (χ4n) is 2.68. The maximum atomic E-state index is 5.71. The van der Waals surface area contributed by atoms with Crippen molar-refractivity contribution >= 4 is 0 Å². The van der Waals surface area contributed by atoms with E-state index in [9.17, 15) is 0 Å². The Hall–Kier alpha value is -0.940. The first-order valence-electron chi connectivity index (χ1n) is 7.06. The molecule has 19 heavy (non-hydrogen) atoms. The molecule has 0 heterocycles. The lowest BCUT2D eigenvalue weighted by Crippen LogP contribution is -2.48. The van der Waals surface area contributed by atoms with Crippen molar-refractivity contribution in [3.63, 3.8) is 0 Å². The first kappa shape index (κ1) is 14.5. The van der Waals surface area contributed by atoms with Crippen molar-refractivity contribution in [3.05, 3.63) is 35.9 Å². The quantitative estimate of drug-likeness (QED) is 0.428. The van der Waals surface area contributed by atoms with Gasteiger partial charge in [0.05, 0.1) is 6.04 Å². The van der Waals surface area contributed by atoms with Crippen molar-refractivity contribution < 1.29 is 9.47 Å². The average Bonchev–Trinajstić information content (AvgIpc) is 3.21. The van der Waals surface area contributed by atoms with Gasteiger partial charge < -0.3 is 9.47 Å². The van der Waals surface area contributed by atoms with Gasteiger partial charge in [-0.25, -0.2) is 0 Å². The van der Waals surface area contributed by atoms with Crippen molar-refractivity contribution in [2.45, 2.75) is 38.5 Å². The highest BCUT2D eigenvalue weighted by molar-refractivity contribution is 5.26. The second-order valence-corrected chi connectivity index (χ2v) is 4.89. The Bertz CT molecular complexity index is 366. The minimum Gasteiger partial charge on any atom is -0.351 e. The van der Waals surface area contributed by atoms with Crippen LogP contribution in [0.2, 0.25) is 0 Å². The van der Waals surface area contributed by atoms with Gasteiger partial charge in [0, 0.05) is 13.2 Å². The molecule has 3 unspecified atom stereocenters. The largest absolute Gasteiger partial charge is 0.351 e. The standard InChI is InChI=1S/C15H24N2O2/c1-3-18-15(19-4-2)14(17-16)13-10-12(13)11-8-6-5-7-9-11/h5-9,12-15,17H,3-4,10,16H2,1-2H3. The van der Waals surface area contributed by atoms with Gasteiger partial charge in [0.2, 0.25) is 0 Å². The molecule has 4 nitrogen and oxygen atoms in total. The molecule has 0 aliphatic heterocycles. The predicted molar refractivity (Wildman–Crippen MR) is 75.4 cm³/mol. The SMILES string of the molecule is CCOC(OCC)C(NN)C1CC1c1ccccc1. The Balaban J connectivity index is 1.99. The smallest absolute Gasteiger partial charge is 0.174 e. The summed E-state index contributed by atoms with van der Waals surface area (Å²) >= 11 is 0. The lowest BCUT2D eigenvalue weighted by Gasteiger charge is -2.26. The average molecular weight is 264 g/mol. The first-order valence-corrected chi connectivity index (χ1v) is 7.06. The van der Waals surface area contributed by atoms with E-state index in [1.54, 1.807) is 0 Å². The molecule has 2 rings (SSSR count). The molecule has 3 N–H and O–H groups in total. The zero-order chi connectivity index (χ0) is 13.7. The number of nitrogens with one attached hydrogen (secondary N) is 1. The van der Waals surface area contributed by atoms with Gasteiger partial charge in [-0.15, -0.1) is 0 Å². The lowest BCUT2D eigenvalue weighted by molar-refractivity contribution is -0.157. The van der Waals surface area contributed by atoms with Crippen molar-refractivity contribution in [3.8, 4) is 0 Å². The van der Waals surface area contributed by atoms with Gasteiger partial charge in [-0.05, 0) is 37.7 Å². The van der Waals surface area contributed by atoms with Gasteiger partial charge in [-0.1, -0.05) is 30.3 Å². The van der Waals surface area contributed by atoms with Gasteiger partial charge in [-0.2, -0.15) is 0 Å². The van der Waals surface area contributed by atoms with E-state index in [0.29, 0.717) is 25.0 Å². The molecular weight excluding hydrogens is 240 g/mol. The number of hydrogen-bond acceptors (Lipinski definition) is 4. The molecule has 1 aromatic carbocycles. The maximum Gasteiger partial charge on any atom is 0.174 e. The van der Waals surface area contributed by atoms with E-state index in [-0.39, 0.29) is 12.3 Å². The van der Waals surface area contributed by atoms with Gasteiger partial charge in [0.25, 0.3) is 0 Å². The molecule has 0 bridgehead atoms. The van der Waals surface area contributed by atoms with Crippen LogP contribution >= 0.6 is 0 Å². The molecule has 0 spiro atoms. The van der Waals surface area contributed by atoms with Crippen LogP contribution in [0.25, 0.3) is 0 Å².